The number of carbonyl (C=O) groups is 1. The molecule has 2 atom stereocenters. The number of methoxy groups -OCH3 is 1. The fourth-order valence-electron chi connectivity index (χ4n) is 6.30. The number of ketones is 1. The monoisotopic (exact) mass is 649 g/mol. The van der Waals surface area contributed by atoms with Gasteiger partial charge in [-0.3, -0.25) is 9.79 Å². The van der Waals surface area contributed by atoms with Gasteiger partial charge in [0.15, 0.2) is 17.5 Å². The van der Waals surface area contributed by atoms with Crippen LogP contribution >= 0.6 is 0 Å². The number of hydrogen-bond donors (Lipinski definition) is 4. The highest BCUT2D eigenvalue weighted by Crippen LogP contribution is 2.33. The number of fused-ring (bicyclic) bond motifs is 1. The molecule has 0 heterocycles. The zero-order chi connectivity index (χ0) is 33.9. The van der Waals surface area contributed by atoms with Crippen LogP contribution in [0.15, 0.2) is 96.0 Å². The Balaban J connectivity index is 1.05. The number of rotatable bonds is 15. The Labute approximate surface area is 283 Å². The molecule has 1 aliphatic carbocycles. The number of aliphatic hydroxyl groups is 1. The minimum Gasteiger partial charge on any atom is -0.508 e. The van der Waals surface area contributed by atoms with Gasteiger partial charge in [0.25, 0.3) is 0 Å². The van der Waals surface area contributed by atoms with E-state index in [0.717, 1.165) is 59.7 Å². The van der Waals surface area contributed by atoms with E-state index >= 15 is 0 Å². The minimum absolute atomic E-state index is 0.0461. The first-order chi connectivity index (χ1) is 23.2. The maximum absolute atomic E-state index is 13.0. The number of aliphatic imine (C=N–C) groups is 1. The molecular weight excluding hydrogens is 602 g/mol. The van der Waals surface area contributed by atoms with E-state index in [2.05, 4.69) is 28.5 Å². The summed E-state index contributed by atoms with van der Waals surface area (Å²) in [4.78, 5) is 16.9. The number of nitrogens with two attached hydrogens (primary N) is 1. The van der Waals surface area contributed by atoms with Crippen molar-refractivity contribution < 1.29 is 24.5 Å². The molecule has 4 aromatic rings. The number of ether oxygens (including phenoxy) is 2. The Morgan fingerprint density at radius 1 is 0.958 bits per heavy atom. The van der Waals surface area contributed by atoms with Crippen LogP contribution in [-0.4, -0.2) is 41.7 Å². The van der Waals surface area contributed by atoms with Crippen LogP contribution in [0, 0.1) is 5.92 Å². The van der Waals surface area contributed by atoms with Crippen molar-refractivity contribution in [2.75, 3.05) is 19.5 Å². The molecule has 0 unspecified atom stereocenters. The molecule has 8 heteroatoms. The quantitative estimate of drug-likeness (QED) is 0.0455. The highest BCUT2D eigenvalue weighted by Gasteiger charge is 2.30. The number of Topliss-reactive ketones (excluding diaryl/α,β-unsaturated/α-hetero) is 1. The summed E-state index contributed by atoms with van der Waals surface area (Å²) >= 11 is 0. The van der Waals surface area contributed by atoms with E-state index in [4.69, 9.17) is 15.2 Å². The zero-order valence-electron chi connectivity index (χ0n) is 28.0. The number of aryl methyl sites for hydroxylation is 2. The highest BCUT2D eigenvalue weighted by molar-refractivity contribution is 5.92. The summed E-state index contributed by atoms with van der Waals surface area (Å²) < 4.78 is 11.7. The molecule has 5 rings (SSSR count). The lowest BCUT2D eigenvalue weighted by Crippen LogP contribution is -2.32. The number of nitrogens with zero attached hydrogens (tertiary/aromatic N) is 1. The first kappa shape index (κ1) is 34.5. The Hall–Kier alpha value is -4.82. The first-order valence-corrected chi connectivity index (χ1v) is 16.7. The number of carbonyl (C=O) groups excluding carboxylic acids is 1. The van der Waals surface area contributed by atoms with Crippen LogP contribution in [0.3, 0.4) is 0 Å². The van der Waals surface area contributed by atoms with Gasteiger partial charge in [-0.1, -0.05) is 55.0 Å². The Morgan fingerprint density at radius 3 is 2.54 bits per heavy atom. The van der Waals surface area contributed by atoms with Crippen molar-refractivity contribution in [1.82, 2.24) is 0 Å². The van der Waals surface area contributed by atoms with Gasteiger partial charge < -0.3 is 30.7 Å². The second-order valence-corrected chi connectivity index (χ2v) is 12.8. The largest absolute Gasteiger partial charge is 0.508 e. The average Bonchev–Trinajstić information content (AvgIpc) is 3.09. The van der Waals surface area contributed by atoms with Crippen molar-refractivity contribution in [2.24, 2.45) is 16.6 Å². The molecule has 5 N–H and O–H groups in total. The van der Waals surface area contributed by atoms with Gasteiger partial charge >= 0.3 is 0 Å². The predicted molar refractivity (Wildman–Crippen MR) is 193 cm³/mol. The number of nitrogens with one attached hydrogen (secondary N) is 1. The average molecular weight is 650 g/mol. The van der Waals surface area contributed by atoms with Crippen molar-refractivity contribution in [3.8, 4) is 17.2 Å². The third-order valence-corrected chi connectivity index (χ3v) is 9.06. The number of unbranched alkanes of at least 4 members (excludes halogenated alkanes) is 1. The van der Waals surface area contributed by atoms with Crippen molar-refractivity contribution in [3.63, 3.8) is 0 Å². The lowest BCUT2D eigenvalue weighted by molar-refractivity contribution is -0.122. The van der Waals surface area contributed by atoms with Crippen LogP contribution < -0.4 is 20.5 Å². The summed E-state index contributed by atoms with van der Waals surface area (Å²) in [5, 5.41) is 26.0. The molecule has 4 aromatic carbocycles. The lowest BCUT2D eigenvalue weighted by Gasteiger charge is -2.30. The summed E-state index contributed by atoms with van der Waals surface area (Å²) in [5.41, 5.74) is 8.88. The van der Waals surface area contributed by atoms with Crippen molar-refractivity contribution in [3.05, 3.63) is 108 Å². The van der Waals surface area contributed by atoms with Crippen molar-refractivity contribution >= 4 is 28.2 Å². The van der Waals surface area contributed by atoms with Gasteiger partial charge in [0, 0.05) is 25.6 Å². The molecule has 0 amide bonds. The van der Waals surface area contributed by atoms with Crippen LogP contribution in [0.4, 0.5) is 5.69 Å². The summed E-state index contributed by atoms with van der Waals surface area (Å²) in [7, 11) is 3.27. The van der Waals surface area contributed by atoms with Crippen LogP contribution in [-0.2, 0) is 24.2 Å². The maximum Gasteiger partial charge on any atom is 0.192 e. The number of hydrogen-bond acceptors (Lipinski definition) is 6. The minimum atomic E-state index is -1.07. The number of allylic oxidation sites excluding steroid dienone is 1. The topological polar surface area (TPSA) is 126 Å². The molecule has 48 heavy (non-hydrogen) atoms. The molecule has 0 aromatic heterocycles. The van der Waals surface area contributed by atoms with E-state index in [0.29, 0.717) is 49.2 Å². The summed E-state index contributed by atoms with van der Waals surface area (Å²) in [6.45, 7) is 0.354. The number of guanidine groups is 1. The third kappa shape index (κ3) is 9.84. The summed E-state index contributed by atoms with van der Waals surface area (Å²) in [6, 6.07) is 25.3. The molecule has 0 saturated carbocycles. The SMILES string of the molecule is CN=C(N)Nc1cccc(CCCC[C@@H]2C=C[C@@](O)(CC(=O)CCc3ccc(OC)c(OCc4ccc5cc(O)ccc5c4)c3)CC2)c1. The smallest absolute Gasteiger partial charge is 0.192 e. The Bertz CT molecular complexity index is 1770. The standard InChI is InChI=1S/C40H47N3O5/c1-42-39(41)43-34-9-5-8-29(23-34)7-4-3-6-28-18-20-40(46,21-19-28)26-36(45)15-11-30-12-17-37(47-2)38(24-30)48-27-31-10-13-33-25-35(44)16-14-32(33)22-31/h5,8-10,12-14,16-18,20,22-25,28,44,46H,3-4,6-7,11,15,19,21,26-27H2,1-2H3,(H3,41,42,43)/t28-,40+/m1/s1. The van der Waals surface area contributed by atoms with Gasteiger partial charge in [-0.05, 0) is 114 Å². The number of aromatic hydroxyl groups is 1. The summed E-state index contributed by atoms with van der Waals surface area (Å²) in [5.74, 6) is 2.35. The molecule has 0 fully saturated rings. The number of anilines is 1. The van der Waals surface area contributed by atoms with Crippen LogP contribution in [0.1, 0.15) is 61.6 Å². The fourth-order valence-corrected chi connectivity index (χ4v) is 6.30. The fraction of sp³-hybridized carbons (Fsp3) is 0.350. The van der Waals surface area contributed by atoms with Gasteiger partial charge in [0.2, 0.25) is 0 Å². The molecule has 252 valence electrons. The van der Waals surface area contributed by atoms with E-state index < -0.39 is 5.60 Å². The normalized spacial score (nSPS) is 17.7. The molecular formula is C40H47N3O5. The highest BCUT2D eigenvalue weighted by atomic mass is 16.5. The molecule has 0 saturated heterocycles. The van der Waals surface area contributed by atoms with Gasteiger partial charge in [0.1, 0.15) is 18.1 Å². The van der Waals surface area contributed by atoms with E-state index in [1.807, 2.05) is 60.7 Å². The molecule has 0 spiro atoms. The van der Waals surface area contributed by atoms with E-state index in [1.54, 1.807) is 26.3 Å². The summed E-state index contributed by atoms with van der Waals surface area (Å²) in [6.07, 6.45) is 10.7. The number of phenolic OH excluding ortho intramolecular Hbond substituents is 1. The molecule has 8 nitrogen and oxygen atoms in total. The van der Waals surface area contributed by atoms with Gasteiger partial charge in [-0.25, -0.2) is 0 Å². The predicted octanol–water partition coefficient (Wildman–Crippen LogP) is 7.49. The van der Waals surface area contributed by atoms with Gasteiger partial charge in [-0.2, -0.15) is 0 Å². The van der Waals surface area contributed by atoms with Gasteiger partial charge in [0.05, 0.1) is 12.7 Å². The second-order valence-electron chi connectivity index (χ2n) is 12.8. The Kier molecular flexibility index (Phi) is 11.7. The number of benzene rings is 4. The molecule has 0 bridgehead atoms. The molecule has 0 radical (unpaired) electrons. The van der Waals surface area contributed by atoms with Crippen LogP contribution in [0.2, 0.25) is 0 Å². The third-order valence-electron chi connectivity index (χ3n) is 9.06. The van der Waals surface area contributed by atoms with Gasteiger partial charge in [-0.15, -0.1) is 0 Å². The maximum atomic E-state index is 13.0. The lowest BCUT2D eigenvalue weighted by atomic mass is 9.80. The van der Waals surface area contributed by atoms with E-state index in [-0.39, 0.29) is 18.0 Å². The number of phenols is 1. The van der Waals surface area contributed by atoms with Crippen molar-refractivity contribution in [1.29, 1.82) is 0 Å². The van der Waals surface area contributed by atoms with Crippen molar-refractivity contribution in [2.45, 2.75) is 70.0 Å². The zero-order valence-corrected chi connectivity index (χ0v) is 28.0. The van der Waals surface area contributed by atoms with Crippen LogP contribution in [0.25, 0.3) is 10.8 Å². The molecule has 1 aliphatic rings. The first-order valence-electron chi connectivity index (χ1n) is 16.7. The van der Waals surface area contributed by atoms with E-state index in [9.17, 15) is 15.0 Å². The van der Waals surface area contributed by atoms with E-state index in [1.165, 1.54) is 5.56 Å². The van der Waals surface area contributed by atoms with Crippen LogP contribution in [0.5, 0.6) is 17.2 Å². The molecule has 0 aliphatic heterocycles. The second kappa shape index (κ2) is 16.3. The Morgan fingerprint density at radius 2 is 1.75 bits per heavy atom.